The fourth-order valence-corrected chi connectivity index (χ4v) is 6.59. The van der Waals surface area contributed by atoms with Crippen LogP contribution in [0.2, 0.25) is 0 Å². The molecule has 5 aromatic carbocycles. The number of alkyl halides is 2. The molecule has 0 radical (unpaired) electrons. The molecule has 12 heteroatoms. The van der Waals surface area contributed by atoms with E-state index in [9.17, 15) is 8.78 Å². The lowest BCUT2D eigenvalue weighted by Gasteiger charge is -2.21. The number of hydrogen-bond acceptors (Lipinski definition) is 0. The number of pyridine rings is 2. The van der Waals surface area contributed by atoms with Gasteiger partial charge in [-0.2, -0.15) is 0 Å². The number of hydrogen-bond donors (Lipinski definition) is 0. The third-order valence-electron chi connectivity index (χ3n) is 8.21. The topological polar surface area (TPSA) is 7.76 Å². The quantitative estimate of drug-likeness (QED) is 0.0972. The number of rotatable bonds is 4. The van der Waals surface area contributed by atoms with E-state index in [2.05, 4.69) is 167 Å². The minimum atomic E-state index is -0.562. The van der Waals surface area contributed by atoms with Crippen molar-refractivity contribution in [1.82, 2.24) is 0 Å². The molecule has 2 nitrogen and oxygen atoms in total. The van der Waals surface area contributed by atoms with Gasteiger partial charge in [0.2, 0.25) is 0 Å². The van der Waals surface area contributed by atoms with Gasteiger partial charge in [-0.25, -0.2) is 0 Å². The van der Waals surface area contributed by atoms with Crippen LogP contribution in [0.1, 0.15) is 11.1 Å². The summed E-state index contributed by atoms with van der Waals surface area (Å²) in [5.41, 5.74) is 9.34. The summed E-state index contributed by atoms with van der Waals surface area (Å²) in [6.45, 7) is 0. The van der Waals surface area contributed by atoms with Gasteiger partial charge >= 0.3 is 5.66 Å². The Kier molecular flexibility index (Phi) is 17.3. The van der Waals surface area contributed by atoms with Crippen LogP contribution in [0, 0.1) is 0 Å². The lowest BCUT2D eigenvalue weighted by atomic mass is 9.90. The van der Waals surface area contributed by atoms with Crippen molar-refractivity contribution in [1.29, 1.82) is 0 Å². The van der Waals surface area contributed by atoms with Gasteiger partial charge in [-0.1, -0.05) is 97.1 Å². The average molecular weight is 719 g/mol. The summed E-state index contributed by atoms with van der Waals surface area (Å²) in [5, 5.41) is 2.51. The standard InChI is InChI=1S/C37H26N2.2CH3F.4F2/c1-5-13-27(14-6-1)31-23-25-38-35-33(31)21-22-34-32(28-15-7-2-8-16-28)24-26-39(36(34)35)37(38,29-17-9-3-10-18-29)30-19-11-4-12-20-30;6*1-2/h1-26H;2*1H3;;;;/q+2;;;;;;. The van der Waals surface area contributed by atoms with Crippen molar-refractivity contribution in [2.75, 3.05) is 14.4 Å². The van der Waals surface area contributed by atoms with E-state index in [0.29, 0.717) is 14.4 Å². The van der Waals surface area contributed by atoms with Gasteiger partial charge in [0.25, 0.3) is 11.0 Å². The third kappa shape index (κ3) is 7.69. The first-order valence-corrected chi connectivity index (χ1v) is 14.8. The van der Waals surface area contributed by atoms with Gasteiger partial charge in [0.05, 0.1) is 25.1 Å². The van der Waals surface area contributed by atoms with Crippen molar-refractivity contribution < 1.29 is 54.5 Å². The van der Waals surface area contributed by atoms with Crippen LogP contribution >= 0.6 is 0 Å². The summed E-state index contributed by atoms with van der Waals surface area (Å²) < 4.78 is 88.0. The fraction of sp³-hybridized carbons (Fsp3) is 0.0769. The Balaban J connectivity index is 0.000000686. The predicted molar refractivity (Wildman–Crippen MR) is 180 cm³/mol. The molecule has 0 aliphatic carbocycles. The number of halogens is 10. The monoisotopic (exact) mass is 718 g/mol. The Morgan fingerprint density at radius 2 is 0.627 bits per heavy atom. The molecule has 3 heterocycles. The average Bonchev–Trinajstić information content (AvgIpc) is 3.57. The van der Waals surface area contributed by atoms with Crippen molar-refractivity contribution in [3.8, 4) is 22.3 Å². The largest absolute Gasteiger partial charge is 0.416 e. The smallest absolute Gasteiger partial charge is 0.255 e. The second-order valence-electron chi connectivity index (χ2n) is 10.2. The van der Waals surface area contributed by atoms with Gasteiger partial charge in [0, 0.05) is 59.9 Å². The van der Waals surface area contributed by atoms with Crippen LogP contribution in [0.5, 0.6) is 0 Å². The highest BCUT2D eigenvalue weighted by molar-refractivity contribution is 6.09. The minimum Gasteiger partial charge on any atom is -0.255 e. The Morgan fingerprint density at radius 1 is 0.353 bits per heavy atom. The Bertz CT molecular complexity index is 1870. The molecule has 0 saturated heterocycles. The molecule has 2 aromatic heterocycles. The third-order valence-corrected chi connectivity index (χ3v) is 8.21. The molecule has 0 unspecified atom stereocenters. The van der Waals surface area contributed by atoms with Crippen LogP contribution in [-0.2, 0) is 5.66 Å². The molecule has 0 bridgehead atoms. The summed E-state index contributed by atoms with van der Waals surface area (Å²) >= 11 is 0. The maximum absolute atomic E-state index is 9.50. The van der Waals surface area contributed by atoms with Crippen LogP contribution in [-0.4, -0.2) is 14.4 Å². The zero-order valence-corrected chi connectivity index (χ0v) is 27.2. The van der Waals surface area contributed by atoms with Crippen LogP contribution in [0.4, 0.5) is 45.4 Å². The van der Waals surface area contributed by atoms with Gasteiger partial charge in [-0.05, 0) is 47.5 Å². The van der Waals surface area contributed by atoms with Crippen molar-refractivity contribution >= 4 is 21.8 Å². The minimum absolute atomic E-state index is 0.500. The first-order chi connectivity index (χ1) is 25.4. The second kappa shape index (κ2) is 21.3. The summed E-state index contributed by atoms with van der Waals surface area (Å²) in [5.74, 6) is 0. The molecule has 8 rings (SSSR count). The van der Waals surface area contributed by atoms with Crippen LogP contribution in [0.15, 0.2) is 158 Å². The Labute approximate surface area is 287 Å². The van der Waals surface area contributed by atoms with Gasteiger partial charge in [-0.15, -0.1) is 9.13 Å². The highest BCUT2D eigenvalue weighted by atomic mass is 20.0. The van der Waals surface area contributed by atoms with Crippen LogP contribution in [0.3, 0.4) is 0 Å². The highest BCUT2D eigenvalue weighted by Crippen LogP contribution is 2.41. The van der Waals surface area contributed by atoms with Crippen LogP contribution in [0.25, 0.3) is 44.1 Å². The number of benzene rings is 5. The molecule has 0 spiro atoms. The normalized spacial score (nSPS) is 10.9. The van der Waals surface area contributed by atoms with E-state index in [0.717, 1.165) is 0 Å². The highest BCUT2D eigenvalue weighted by Gasteiger charge is 2.60. The van der Waals surface area contributed by atoms with E-state index >= 15 is 0 Å². The zero-order valence-electron chi connectivity index (χ0n) is 27.2. The first kappa shape index (κ1) is 41.4. The van der Waals surface area contributed by atoms with E-state index in [1.807, 2.05) is 0 Å². The van der Waals surface area contributed by atoms with E-state index in [1.54, 1.807) is 0 Å². The van der Waals surface area contributed by atoms with E-state index in [4.69, 9.17) is 36.6 Å². The van der Waals surface area contributed by atoms with Gasteiger partial charge < -0.3 is 0 Å². The zero-order chi connectivity index (χ0) is 37.8. The number of aromatic nitrogens is 2. The van der Waals surface area contributed by atoms with Crippen molar-refractivity contribution in [2.45, 2.75) is 5.66 Å². The van der Waals surface area contributed by atoms with E-state index in [1.165, 1.54) is 55.2 Å². The van der Waals surface area contributed by atoms with E-state index < -0.39 is 5.66 Å². The summed E-state index contributed by atoms with van der Waals surface area (Å²) in [7, 11) is 1.00. The van der Waals surface area contributed by atoms with Gasteiger partial charge in [-0.3, -0.25) is 8.78 Å². The molecule has 0 fully saturated rings. The van der Waals surface area contributed by atoms with Gasteiger partial charge in [0.1, 0.15) is 11.1 Å². The lowest BCUT2D eigenvalue weighted by molar-refractivity contribution is -0.934. The molecule has 1 aliphatic rings. The first-order valence-electron chi connectivity index (χ1n) is 14.8. The number of nitrogens with zero attached hydrogens (tertiary/aromatic N) is 2. The van der Waals surface area contributed by atoms with Crippen molar-refractivity contribution in [2.24, 2.45) is 0 Å². The Hall–Kier alpha value is -5.78. The molecular weight excluding hydrogens is 686 g/mol. The van der Waals surface area contributed by atoms with Crippen molar-refractivity contribution in [3.05, 3.63) is 169 Å². The fourth-order valence-electron chi connectivity index (χ4n) is 6.59. The Morgan fingerprint density at radius 3 is 0.922 bits per heavy atom. The lowest BCUT2D eigenvalue weighted by Crippen LogP contribution is -2.71. The maximum Gasteiger partial charge on any atom is 0.416 e. The molecule has 1 aliphatic heterocycles. The second-order valence-corrected chi connectivity index (χ2v) is 10.2. The van der Waals surface area contributed by atoms with Gasteiger partial charge in [0.15, 0.2) is 12.4 Å². The molecule has 0 amide bonds. The molecule has 0 N–H and O–H groups in total. The maximum atomic E-state index is 9.50. The molecule has 7 aromatic rings. The van der Waals surface area contributed by atoms with Crippen LogP contribution < -0.4 is 9.13 Å². The molecule has 266 valence electrons. The summed E-state index contributed by atoms with van der Waals surface area (Å²) in [6.07, 6.45) is 4.58. The summed E-state index contributed by atoms with van der Waals surface area (Å²) in [6, 6.07) is 52.5. The molecule has 0 saturated carbocycles. The molecular formula is C39H32F10N2+2. The van der Waals surface area contributed by atoms with E-state index in [-0.39, 0.29) is 0 Å². The van der Waals surface area contributed by atoms with Crippen molar-refractivity contribution in [3.63, 3.8) is 0 Å². The summed E-state index contributed by atoms with van der Waals surface area (Å²) in [4.78, 5) is 0. The molecule has 0 atom stereocenters. The predicted octanol–water partition coefficient (Wildman–Crippen LogP) is 12.0. The molecule has 51 heavy (non-hydrogen) atoms. The SMILES string of the molecule is CF.CF.FF.FF.FF.FF.c1ccc(-c2cc[n+]3c4c2ccc2c(-c5ccccc5)cc[n+](c24)C3(c2ccccc2)c2ccccc2)cc1.